The van der Waals surface area contributed by atoms with Crippen LogP contribution in [0, 0.1) is 0 Å². The number of aliphatic hydroxyl groups is 1. The molecule has 0 rings (SSSR count). The molecule has 0 aliphatic heterocycles. The second-order valence-electron chi connectivity index (χ2n) is 2.45. The largest absolute Gasteiger partial charge is 0.377 e. The van der Waals surface area contributed by atoms with Gasteiger partial charge in [-0.2, -0.15) is 8.42 Å². The van der Waals surface area contributed by atoms with Crippen LogP contribution in [0.2, 0.25) is 0 Å². The predicted molar refractivity (Wildman–Crippen MR) is 45.3 cm³/mol. The summed E-state index contributed by atoms with van der Waals surface area (Å²) in [6.07, 6.45) is -1.12. The number of hydrogen-bond donors (Lipinski definition) is 2. The molecule has 0 bridgehead atoms. The third kappa shape index (κ3) is 4.66. The number of rotatable bonds is 5. The molecule has 0 saturated heterocycles. The summed E-state index contributed by atoms with van der Waals surface area (Å²) in [6.45, 7) is 4.70. The molecule has 0 aliphatic carbocycles. The molecule has 0 aliphatic rings. The minimum Gasteiger partial charge on any atom is -0.377 e. The Balaban J connectivity index is 4.10. The maximum absolute atomic E-state index is 10.3. The normalized spacial score (nSPS) is 15.1. The molecule has 0 aromatic carbocycles. The molecule has 1 unspecified atom stereocenters. The summed E-state index contributed by atoms with van der Waals surface area (Å²) in [7, 11) is -4.08. The highest BCUT2D eigenvalue weighted by Gasteiger charge is 2.18. The predicted octanol–water partition coefficient (Wildman–Crippen LogP) is -0.466. The summed E-state index contributed by atoms with van der Waals surface area (Å²) in [6, 6.07) is 0. The Morgan fingerprint density at radius 3 is 2.00 bits per heavy atom. The Bertz CT molecular complexity index is 210. The summed E-state index contributed by atoms with van der Waals surface area (Å²) in [5, 5.41) is 9.23. The lowest BCUT2D eigenvalue weighted by atomic mass is 10.5. The minimum absolute atomic E-state index is 0.549. The first-order chi connectivity index (χ1) is 5.40. The van der Waals surface area contributed by atoms with Crippen molar-refractivity contribution in [2.75, 3.05) is 18.8 Å². The van der Waals surface area contributed by atoms with Crippen molar-refractivity contribution in [1.82, 2.24) is 4.90 Å². The van der Waals surface area contributed by atoms with Gasteiger partial charge < -0.3 is 5.11 Å². The average Bonchev–Trinajstić information content (AvgIpc) is 1.85. The third-order valence-corrected chi connectivity index (χ3v) is 2.31. The Morgan fingerprint density at radius 2 is 1.75 bits per heavy atom. The van der Waals surface area contributed by atoms with Crippen LogP contribution in [-0.2, 0) is 10.1 Å². The zero-order valence-corrected chi connectivity index (χ0v) is 8.08. The molecule has 0 spiro atoms. The molecular weight excluding hydrogens is 182 g/mol. The summed E-state index contributed by atoms with van der Waals surface area (Å²) in [4.78, 5) is 1.54. The molecule has 0 amide bonds. The van der Waals surface area contributed by atoms with E-state index >= 15 is 0 Å². The molecule has 74 valence electrons. The van der Waals surface area contributed by atoms with E-state index in [4.69, 9.17) is 4.55 Å². The first-order valence-corrected chi connectivity index (χ1v) is 5.39. The van der Waals surface area contributed by atoms with Crippen LogP contribution in [0.4, 0.5) is 0 Å². The molecule has 6 heteroatoms. The van der Waals surface area contributed by atoms with Crippen LogP contribution in [0.5, 0.6) is 0 Å². The second-order valence-corrected chi connectivity index (χ2v) is 3.95. The van der Waals surface area contributed by atoms with E-state index in [2.05, 4.69) is 0 Å². The minimum atomic E-state index is -4.08. The monoisotopic (exact) mass is 197 g/mol. The molecular formula is C6H15NO4S. The maximum atomic E-state index is 10.3. The first-order valence-electron chi connectivity index (χ1n) is 3.78. The van der Waals surface area contributed by atoms with Crippen molar-refractivity contribution in [1.29, 1.82) is 0 Å². The van der Waals surface area contributed by atoms with Crippen molar-refractivity contribution in [3.05, 3.63) is 0 Å². The second kappa shape index (κ2) is 4.76. The summed E-state index contributed by atoms with van der Waals surface area (Å²) in [5.74, 6) is -0.630. The Labute approximate surface area is 72.7 Å². The van der Waals surface area contributed by atoms with Gasteiger partial charge in [0.25, 0.3) is 10.1 Å². The standard InChI is InChI=1S/C6H15NO4S/c1-3-7(4-2)6(8)5-12(9,10)11/h6,8H,3-5H2,1-2H3,(H,9,10,11). The van der Waals surface area contributed by atoms with Gasteiger partial charge in [-0.3, -0.25) is 9.45 Å². The Hall–Kier alpha value is -0.170. The van der Waals surface area contributed by atoms with Crippen LogP contribution in [0.25, 0.3) is 0 Å². The van der Waals surface area contributed by atoms with Gasteiger partial charge in [-0.1, -0.05) is 13.8 Å². The van der Waals surface area contributed by atoms with E-state index in [0.717, 1.165) is 0 Å². The number of nitrogens with zero attached hydrogens (tertiary/aromatic N) is 1. The van der Waals surface area contributed by atoms with E-state index in [9.17, 15) is 13.5 Å². The van der Waals surface area contributed by atoms with Gasteiger partial charge in [-0.05, 0) is 13.1 Å². The fraction of sp³-hybridized carbons (Fsp3) is 1.00. The maximum Gasteiger partial charge on any atom is 0.268 e. The first kappa shape index (κ1) is 11.8. The van der Waals surface area contributed by atoms with Crippen molar-refractivity contribution in [2.24, 2.45) is 0 Å². The van der Waals surface area contributed by atoms with E-state index in [1.54, 1.807) is 13.8 Å². The van der Waals surface area contributed by atoms with Gasteiger partial charge in [0.2, 0.25) is 0 Å². The van der Waals surface area contributed by atoms with E-state index in [1.165, 1.54) is 4.90 Å². The van der Waals surface area contributed by atoms with Gasteiger partial charge in [0, 0.05) is 0 Å². The quantitative estimate of drug-likeness (QED) is 0.460. The molecule has 0 heterocycles. The SMILES string of the molecule is CCN(CC)C(O)CS(=O)(=O)O. The molecule has 0 radical (unpaired) electrons. The number of hydrogen-bond acceptors (Lipinski definition) is 4. The van der Waals surface area contributed by atoms with Crippen LogP contribution in [-0.4, -0.2) is 48.0 Å². The summed E-state index contributed by atoms with van der Waals surface area (Å²) in [5.41, 5.74) is 0. The topological polar surface area (TPSA) is 77.8 Å². The average molecular weight is 197 g/mol. The van der Waals surface area contributed by atoms with Crippen molar-refractivity contribution >= 4 is 10.1 Å². The highest BCUT2D eigenvalue weighted by molar-refractivity contribution is 7.85. The molecule has 0 saturated carbocycles. The van der Waals surface area contributed by atoms with Crippen LogP contribution in [0.15, 0.2) is 0 Å². The van der Waals surface area contributed by atoms with Gasteiger partial charge in [0.1, 0.15) is 12.0 Å². The molecule has 12 heavy (non-hydrogen) atoms. The van der Waals surface area contributed by atoms with E-state index in [0.29, 0.717) is 13.1 Å². The van der Waals surface area contributed by atoms with Gasteiger partial charge in [-0.15, -0.1) is 0 Å². The lowest BCUT2D eigenvalue weighted by Gasteiger charge is -2.23. The highest BCUT2D eigenvalue weighted by Crippen LogP contribution is 1.98. The molecule has 0 fully saturated rings. The fourth-order valence-corrected chi connectivity index (χ4v) is 1.53. The van der Waals surface area contributed by atoms with Crippen LogP contribution >= 0.6 is 0 Å². The van der Waals surface area contributed by atoms with Crippen LogP contribution in [0.3, 0.4) is 0 Å². The Kier molecular flexibility index (Phi) is 4.69. The van der Waals surface area contributed by atoms with Crippen molar-refractivity contribution < 1.29 is 18.1 Å². The lowest BCUT2D eigenvalue weighted by Crippen LogP contribution is -2.39. The summed E-state index contributed by atoms with van der Waals surface area (Å²) < 4.78 is 29.1. The van der Waals surface area contributed by atoms with Gasteiger partial charge in [-0.25, -0.2) is 0 Å². The Morgan fingerprint density at radius 1 is 1.33 bits per heavy atom. The zero-order valence-electron chi connectivity index (χ0n) is 7.27. The van der Waals surface area contributed by atoms with Crippen LogP contribution in [0.1, 0.15) is 13.8 Å². The highest BCUT2D eigenvalue weighted by atomic mass is 32.2. The van der Waals surface area contributed by atoms with Gasteiger partial charge >= 0.3 is 0 Å². The smallest absolute Gasteiger partial charge is 0.268 e. The van der Waals surface area contributed by atoms with Crippen molar-refractivity contribution in [3.63, 3.8) is 0 Å². The fourth-order valence-electron chi connectivity index (χ4n) is 0.939. The van der Waals surface area contributed by atoms with Crippen molar-refractivity contribution in [3.8, 4) is 0 Å². The van der Waals surface area contributed by atoms with Crippen LogP contribution < -0.4 is 0 Å². The van der Waals surface area contributed by atoms with Gasteiger partial charge in [0.15, 0.2) is 0 Å². The number of aliphatic hydroxyl groups excluding tert-OH is 1. The third-order valence-electron chi connectivity index (χ3n) is 1.59. The van der Waals surface area contributed by atoms with E-state index in [1.807, 2.05) is 0 Å². The van der Waals surface area contributed by atoms with E-state index < -0.39 is 22.1 Å². The summed E-state index contributed by atoms with van der Waals surface area (Å²) >= 11 is 0. The van der Waals surface area contributed by atoms with E-state index in [-0.39, 0.29) is 0 Å². The van der Waals surface area contributed by atoms with Crippen molar-refractivity contribution in [2.45, 2.75) is 20.1 Å². The zero-order chi connectivity index (χ0) is 9.78. The molecule has 1 atom stereocenters. The molecule has 0 aromatic heterocycles. The molecule has 5 nitrogen and oxygen atoms in total. The lowest BCUT2D eigenvalue weighted by molar-refractivity contribution is 0.0281. The molecule has 0 aromatic rings. The van der Waals surface area contributed by atoms with Gasteiger partial charge in [0.05, 0.1) is 0 Å². The molecule has 2 N–H and O–H groups in total.